The number of amides is 1. The van der Waals surface area contributed by atoms with Gasteiger partial charge in [0.15, 0.2) is 0 Å². The molecule has 7 nitrogen and oxygen atoms in total. The number of benzene rings is 1. The van der Waals surface area contributed by atoms with Crippen LogP contribution in [0.15, 0.2) is 18.2 Å². The van der Waals surface area contributed by atoms with E-state index in [9.17, 15) is 24.8 Å². The van der Waals surface area contributed by atoms with Crippen molar-refractivity contribution >= 4 is 29.2 Å². The van der Waals surface area contributed by atoms with Crippen molar-refractivity contribution in [1.82, 2.24) is 5.32 Å². The number of rotatable bonds is 6. The first-order chi connectivity index (χ1) is 9.79. The summed E-state index contributed by atoms with van der Waals surface area (Å²) in [6.45, 7) is 3.23. The van der Waals surface area contributed by atoms with Crippen molar-refractivity contribution in [2.24, 2.45) is 0 Å². The molecule has 0 fully saturated rings. The number of carbonyl (C=O) groups is 2. The molecular formula is C13H15ClN2O5. The molecule has 1 aromatic carbocycles. The SMILES string of the molecule is CCC(CC)(NC(=O)c1cccc(Cl)c1[N+](=O)[O-])C(=O)O. The normalized spacial score (nSPS) is 11.0. The Bertz CT molecular complexity index is 584. The van der Waals surface area contributed by atoms with E-state index in [1.807, 2.05) is 0 Å². The van der Waals surface area contributed by atoms with Gasteiger partial charge in [0.05, 0.1) is 4.92 Å². The minimum atomic E-state index is -1.47. The Morgan fingerprint density at radius 2 is 1.95 bits per heavy atom. The van der Waals surface area contributed by atoms with Gasteiger partial charge in [-0.15, -0.1) is 0 Å². The quantitative estimate of drug-likeness (QED) is 0.619. The Labute approximate surface area is 126 Å². The number of nitrogens with zero attached hydrogens (tertiary/aromatic N) is 1. The van der Waals surface area contributed by atoms with Crippen LogP contribution in [0, 0.1) is 10.1 Å². The van der Waals surface area contributed by atoms with Crippen LogP contribution in [0.4, 0.5) is 5.69 Å². The fourth-order valence-electron chi connectivity index (χ4n) is 1.95. The number of carboxylic acids is 1. The maximum atomic E-state index is 12.2. The lowest BCUT2D eigenvalue weighted by Crippen LogP contribution is -2.53. The van der Waals surface area contributed by atoms with Crippen molar-refractivity contribution in [1.29, 1.82) is 0 Å². The van der Waals surface area contributed by atoms with E-state index in [0.29, 0.717) is 0 Å². The summed E-state index contributed by atoms with van der Waals surface area (Å²) in [4.78, 5) is 33.8. The molecule has 1 aromatic rings. The average Bonchev–Trinajstić information content (AvgIpc) is 2.43. The Balaban J connectivity index is 3.24. The van der Waals surface area contributed by atoms with Crippen molar-refractivity contribution in [2.75, 3.05) is 0 Å². The molecule has 0 aromatic heterocycles. The van der Waals surface area contributed by atoms with Gasteiger partial charge in [-0.1, -0.05) is 31.5 Å². The zero-order valence-corrected chi connectivity index (χ0v) is 12.3. The number of aliphatic carboxylic acids is 1. The maximum Gasteiger partial charge on any atom is 0.329 e. The first-order valence-electron chi connectivity index (χ1n) is 6.27. The van der Waals surface area contributed by atoms with Crippen molar-refractivity contribution in [2.45, 2.75) is 32.2 Å². The van der Waals surface area contributed by atoms with E-state index in [0.717, 1.165) is 0 Å². The Morgan fingerprint density at radius 1 is 1.38 bits per heavy atom. The predicted octanol–water partition coefficient (Wildman–Crippen LogP) is 2.62. The number of nitrogens with one attached hydrogen (secondary N) is 1. The lowest BCUT2D eigenvalue weighted by molar-refractivity contribution is -0.385. The summed E-state index contributed by atoms with van der Waals surface area (Å²) in [5.74, 6) is -2.03. The van der Waals surface area contributed by atoms with Crippen molar-refractivity contribution < 1.29 is 19.6 Å². The molecule has 0 aliphatic heterocycles. The van der Waals surface area contributed by atoms with Gasteiger partial charge in [-0.05, 0) is 25.0 Å². The molecular weight excluding hydrogens is 300 g/mol. The average molecular weight is 315 g/mol. The van der Waals surface area contributed by atoms with Crippen molar-refractivity contribution in [3.8, 4) is 0 Å². The van der Waals surface area contributed by atoms with Gasteiger partial charge in [-0.3, -0.25) is 14.9 Å². The van der Waals surface area contributed by atoms with E-state index in [2.05, 4.69) is 5.32 Å². The summed E-state index contributed by atoms with van der Waals surface area (Å²) in [6, 6.07) is 3.92. The molecule has 21 heavy (non-hydrogen) atoms. The molecule has 8 heteroatoms. The number of carbonyl (C=O) groups excluding carboxylic acids is 1. The number of hydrogen-bond donors (Lipinski definition) is 2. The smallest absolute Gasteiger partial charge is 0.329 e. The molecule has 0 aliphatic rings. The maximum absolute atomic E-state index is 12.2. The standard InChI is InChI=1S/C13H15ClN2O5/c1-3-13(4-2,12(18)19)15-11(17)8-6-5-7-9(14)10(8)16(20)21/h5-7H,3-4H2,1-2H3,(H,15,17)(H,18,19). The highest BCUT2D eigenvalue weighted by Gasteiger charge is 2.38. The van der Waals surface area contributed by atoms with Gasteiger partial charge in [0, 0.05) is 0 Å². The Kier molecular flexibility index (Phi) is 5.26. The number of nitro benzene ring substituents is 1. The van der Waals surface area contributed by atoms with Crippen LogP contribution in [-0.4, -0.2) is 27.4 Å². The Morgan fingerprint density at radius 3 is 2.38 bits per heavy atom. The molecule has 0 saturated heterocycles. The third kappa shape index (κ3) is 3.30. The molecule has 2 N–H and O–H groups in total. The van der Waals surface area contributed by atoms with Crippen molar-refractivity contribution in [3.63, 3.8) is 0 Å². The summed E-state index contributed by atoms with van der Waals surface area (Å²) >= 11 is 5.73. The first kappa shape index (κ1) is 16.9. The molecule has 0 aliphatic carbocycles. The largest absolute Gasteiger partial charge is 0.480 e. The minimum Gasteiger partial charge on any atom is -0.480 e. The second kappa shape index (κ2) is 6.53. The highest BCUT2D eigenvalue weighted by molar-refractivity contribution is 6.33. The summed E-state index contributed by atoms with van der Waals surface area (Å²) < 4.78 is 0. The van der Waals surface area contributed by atoms with Crippen LogP contribution in [0.1, 0.15) is 37.0 Å². The van der Waals surface area contributed by atoms with E-state index < -0.39 is 28.0 Å². The number of nitro groups is 1. The van der Waals surface area contributed by atoms with E-state index >= 15 is 0 Å². The van der Waals surface area contributed by atoms with Crippen LogP contribution in [0.5, 0.6) is 0 Å². The van der Waals surface area contributed by atoms with Crippen LogP contribution in [0.3, 0.4) is 0 Å². The molecule has 0 atom stereocenters. The second-order valence-corrected chi connectivity index (χ2v) is 4.85. The molecule has 0 unspecified atom stereocenters. The predicted molar refractivity (Wildman–Crippen MR) is 76.5 cm³/mol. The lowest BCUT2D eigenvalue weighted by Gasteiger charge is -2.28. The van der Waals surface area contributed by atoms with Gasteiger partial charge in [-0.25, -0.2) is 4.79 Å². The van der Waals surface area contributed by atoms with Crippen molar-refractivity contribution in [3.05, 3.63) is 38.9 Å². The number of carboxylic acid groups (broad SMARTS) is 1. The number of hydrogen-bond acceptors (Lipinski definition) is 4. The molecule has 0 radical (unpaired) electrons. The van der Waals surface area contributed by atoms with Gasteiger partial charge >= 0.3 is 11.7 Å². The van der Waals surface area contributed by atoms with Gasteiger partial charge in [0.1, 0.15) is 16.1 Å². The molecule has 1 amide bonds. The monoisotopic (exact) mass is 314 g/mol. The zero-order chi connectivity index (χ0) is 16.2. The van der Waals surface area contributed by atoms with Crippen LogP contribution in [-0.2, 0) is 4.79 Å². The van der Waals surface area contributed by atoms with E-state index in [1.54, 1.807) is 13.8 Å². The third-order valence-electron chi connectivity index (χ3n) is 3.38. The lowest BCUT2D eigenvalue weighted by atomic mass is 9.92. The fraction of sp³-hybridized carbons (Fsp3) is 0.385. The van der Waals surface area contributed by atoms with Crippen LogP contribution in [0.25, 0.3) is 0 Å². The molecule has 1 rings (SSSR count). The molecule has 0 saturated carbocycles. The van der Waals surface area contributed by atoms with Crippen LogP contribution >= 0.6 is 11.6 Å². The molecule has 0 bridgehead atoms. The third-order valence-corrected chi connectivity index (χ3v) is 3.69. The van der Waals surface area contributed by atoms with E-state index in [1.165, 1.54) is 18.2 Å². The number of halogens is 1. The number of para-hydroxylation sites is 1. The topological polar surface area (TPSA) is 110 Å². The summed E-state index contributed by atoms with van der Waals surface area (Å²) in [7, 11) is 0. The van der Waals surface area contributed by atoms with Gasteiger partial charge < -0.3 is 10.4 Å². The van der Waals surface area contributed by atoms with Crippen LogP contribution < -0.4 is 5.32 Å². The van der Waals surface area contributed by atoms with E-state index in [4.69, 9.17) is 11.6 Å². The highest BCUT2D eigenvalue weighted by atomic mass is 35.5. The van der Waals surface area contributed by atoms with Gasteiger partial charge in [-0.2, -0.15) is 0 Å². The summed E-state index contributed by atoms with van der Waals surface area (Å²) in [6.07, 6.45) is 0.303. The minimum absolute atomic E-state index is 0.152. The van der Waals surface area contributed by atoms with E-state index in [-0.39, 0.29) is 23.4 Å². The Hall–Kier alpha value is -2.15. The van der Waals surface area contributed by atoms with Gasteiger partial charge in [0.2, 0.25) is 0 Å². The first-order valence-corrected chi connectivity index (χ1v) is 6.65. The molecule has 0 heterocycles. The summed E-state index contributed by atoms with van der Waals surface area (Å²) in [5.41, 5.74) is -2.27. The molecule has 0 spiro atoms. The summed E-state index contributed by atoms with van der Waals surface area (Å²) in [5, 5.41) is 22.5. The second-order valence-electron chi connectivity index (χ2n) is 4.44. The highest BCUT2D eigenvalue weighted by Crippen LogP contribution is 2.29. The zero-order valence-electron chi connectivity index (χ0n) is 11.6. The van der Waals surface area contributed by atoms with Gasteiger partial charge in [0.25, 0.3) is 5.91 Å². The molecule has 114 valence electrons. The van der Waals surface area contributed by atoms with Crippen LogP contribution in [0.2, 0.25) is 5.02 Å². The fourth-order valence-corrected chi connectivity index (χ4v) is 2.20.